The van der Waals surface area contributed by atoms with Gasteiger partial charge in [0.15, 0.2) is 0 Å². The second kappa shape index (κ2) is 5.50. The zero-order valence-corrected chi connectivity index (χ0v) is 12.9. The van der Waals surface area contributed by atoms with E-state index in [4.69, 9.17) is 0 Å². The molecule has 1 heterocycles. The van der Waals surface area contributed by atoms with Crippen molar-refractivity contribution in [2.24, 2.45) is 0 Å². The number of carbonyl (C=O) groups is 2. The molecule has 2 aromatic rings. The lowest BCUT2D eigenvalue weighted by Crippen LogP contribution is -2.27. The van der Waals surface area contributed by atoms with Crippen LogP contribution in [0.4, 0.5) is 15.8 Å². The zero-order chi connectivity index (χ0) is 16.6. The van der Waals surface area contributed by atoms with Gasteiger partial charge in [-0.25, -0.2) is 4.39 Å². The number of amides is 2. The largest absolute Gasteiger partial charge is 0.326 e. The van der Waals surface area contributed by atoms with Gasteiger partial charge in [-0.1, -0.05) is 18.2 Å². The fraction of sp³-hybridized carbons (Fsp3) is 0.222. The molecule has 4 nitrogen and oxygen atoms in total. The maximum Gasteiger partial charge on any atom is 0.234 e. The smallest absolute Gasteiger partial charge is 0.234 e. The Balaban J connectivity index is 1.77. The fourth-order valence-corrected chi connectivity index (χ4v) is 2.67. The molecule has 0 fully saturated rings. The highest BCUT2D eigenvalue weighted by atomic mass is 19.1. The van der Waals surface area contributed by atoms with Gasteiger partial charge >= 0.3 is 0 Å². The van der Waals surface area contributed by atoms with Crippen molar-refractivity contribution in [3.63, 3.8) is 0 Å². The van der Waals surface area contributed by atoms with Crippen molar-refractivity contribution in [2.75, 3.05) is 10.6 Å². The van der Waals surface area contributed by atoms with Gasteiger partial charge < -0.3 is 10.6 Å². The minimum Gasteiger partial charge on any atom is -0.326 e. The summed E-state index contributed by atoms with van der Waals surface area (Å²) in [6.07, 6.45) is -0.0374. The van der Waals surface area contributed by atoms with Crippen LogP contribution < -0.4 is 10.6 Å². The number of anilines is 2. The summed E-state index contributed by atoms with van der Waals surface area (Å²) in [4.78, 5) is 24.0. The molecule has 0 saturated heterocycles. The Morgan fingerprint density at radius 1 is 1.22 bits per heavy atom. The predicted octanol–water partition coefficient (Wildman–Crippen LogP) is 3.24. The number of nitrogens with one attached hydrogen (secondary N) is 2. The standard InChI is InChI=1S/C18H17FN2O2/c1-18(2)13-10-12(7-8-15(13)21-17(18)23)20-16(22)9-11-5-3-4-6-14(11)19/h3-8,10H,9H2,1-2H3,(H,20,22)(H,21,23). The van der Waals surface area contributed by atoms with Crippen molar-refractivity contribution in [1.82, 2.24) is 0 Å². The van der Waals surface area contributed by atoms with Gasteiger partial charge in [-0.3, -0.25) is 9.59 Å². The summed E-state index contributed by atoms with van der Waals surface area (Å²) in [6.45, 7) is 3.66. The molecule has 0 unspecified atom stereocenters. The van der Waals surface area contributed by atoms with E-state index in [9.17, 15) is 14.0 Å². The summed E-state index contributed by atoms with van der Waals surface area (Å²) in [6, 6.07) is 11.5. The molecule has 2 amide bonds. The summed E-state index contributed by atoms with van der Waals surface area (Å²) < 4.78 is 13.6. The van der Waals surface area contributed by atoms with E-state index in [0.29, 0.717) is 11.3 Å². The van der Waals surface area contributed by atoms with E-state index in [1.54, 1.807) is 36.4 Å². The Hall–Kier alpha value is -2.69. The molecule has 118 valence electrons. The molecule has 0 atom stereocenters. The first-order chi connectivity index (χ1) is 10.9. The Kier molecular flexibility index (Phi) is 3.64. The highest BCUT2D eigenvalue weighted by molar-refractivity contribution is 6.06. The Labute approximate surface area is 133 Å². The average Bonchev–Trinajstić information content (AvgIpc) is 2.72. The van der Waals surface area contributed by atoms with Crippen molar-refractivity contribution in [3.8, 4) is 0 Å². The van der Waals surface area contributed by atoms with E-state index >= 15 is 0 Å². The number of rotatable bonds is 3. The Morgan fingerprint density at radius 3 is 2.70 bits per heavy atom. The molecular formula is C18H17FN2O2. The van der Waals surface area contributed by atoms with E-state index in [-0.39, 0.29) is 18.2 Å². The molecule has 2 N–H and O–H groups in total. The molecule has 0 bridgehead atoms. The molecule has 0 aromatic heterocycles. The van der Waals surface area contributed by atoms with Crippen molar-refractivity contribution < 1.29 is 14.0 Å². The maximum absolute atomic E-state index is 13.6. The van der Waals surface area contributed by atoms with Crippen LogP contribution in [0.25, 0.3) is 0 Å². The highest BCUT2D eigenvalue weighted by Gasteiger charge is 2.38. The molecule has 5 heteroatoms. The average molecular weight is 312 g/mol. The minimum absolute atomic E-state index is 0.0374. The number of halogens is 1. The Bertz CT molecular complexity index is 799. The van der Waals surface area contributed by atoms with Crippen molar-refractivity contribution in [2.45, 2.75) is 25.7 Å². The summed E-state index contributed by atoms with van der Waals surface area (Å²) in [5, 5.41) is 5.57. The van der Waals surface area contributed by atoms with E-state index in [2.05, 4.69) is 10.6 Å². The van der Waals surface area contributed by atoms with Crippen LogP contribution in [0.1, 0.15) is 25.0 Å². The molecule has 0 spiro atoms. The summed E-state index contributed by atoms with van der Waals surface area (Å²) >= 11 is 0. The lowest BCUT2D eigenvalue weighted by atomic mass is 9.86. The number of fused-ring (bicyclic) bond motifs is 1. The Morgan fingerprint density at radius 2 is 1.96 bits per heavy atom. The third-order valence-corrected chi connectivity index (χ3v) is 4.10. The van der Waals surface area contributed by atoms with E-state index in [0.717, 1.165) is 11.3 Å². The molecule has 2 aromatic carbocycles. The molecule has 3 rings (SSSR count). The van der Waals surface area contributed by atoms with Crippen molar-refractivity contribution in [3.05, 3.63) is 59.4 Å². The van der Waals surface area contributed by atoms with Gasteiger partial charge in [-0.2, -0.15) is 0 Å². The highest BCUT2D eigenvalue weighted by Crippen LogP contribution is 2.38. The number of carbonyl (C=O) groups excluding carboxylic acids is 2. The zero-order valence-electron chi connectivity index (χ0n) is 12.9. The lowest BCUT2D eigenvalue weighted by molar-refractivity contribution is -0.119. The normalized spacial score (nSPS) is 15.0. The minimum atomic E-state index is -0.637. The van der Waals surface area contributed by atoms with Crippen LogP contribution in [0.15, 0.2) is 42.5 Å². The summed E-state index contributed by atoms with van der Waals surface area (Å²) in [5.74, 6) is -0.764. The third kappa shape index (κ3) is 2.82. The fourth-order valence-electron chi connectivity index (χ4n) is 2.67. The lowest BCUT2D eigenvalue weighted by Gasteiger charge is -2.16. The second-order valence-electron chi connectivity index (χ2n) is 6.16. The van der Waals surface area contributed by atoms with Gasteiger partial charge in [0.25, 0.3) is 0 Å². The quantitative estimate of drug-likeness (QED) is 0.914. The van der Waals surface area contributed by atoms with Crippen molar-refractivity contribution in [1.29, 1.82) is 0 Å². The SMILES string of the molecule is CC1(C)C(=O)Nc2ccc(NC(=O)Cc3ccccc3F)cc21. The molecule has 1 aliphatic rings. The first kappa shape index (κ1) is 15.2. The van der Waals surface area contributed by atoms with Crippen LogP contribution in [-0.2, 0) is 21.4 Å². The molecule has 0 saturated carbocycles. The molecule has 0 aliphatic carbocycles. The van der Waals surface area contributed by atoms with Crippen LogP contribution in [-0.4, -0.2) is 11.8 Å². The number of hydrogen-bond acceptors (Lipinski definition) is 2. The molecule has 0 radical (unpaired) electrons. The van der Waals surface area contributed by atoms with Crippen LogP contribution in [0.2, 0.25) is 0 Å². The molecular weight excluding hydrogens is 295 g/mol. The van der Waals surface area contributed by atoms with Gasteiger partial charge in [-0.05, 0) is 49.2 Å². The number of hydrogen-bond donors (Lipinski definition) is 2. The molecule has 1 aliphatic heterocycles. The van der Waals surface area contributed by atoms with Gasteiger partial charge in [0.2, 0.25) is 11.8 Å². The van der Waals surface area contributed by atoms with E-state index in [1.807, 2.05) is 13.8 Å². The third-order valence-electron chi connectivity index (χ3n) is 4.10. The second-order valence-corrected chi connectivity index (χ2v) is 6.16. The predicted molar refractivity (Wildman–Crippen MR) is 86.8 cm³/mol. The van der Waals surface area contributed by atoms with Crippen LogP contribution in [0, 0.1) is 5.82 Å². The summed E-state index contributed by atoms with van der Waals surface area (Å²) in [7, 11) is 0. The van der Waals surface area contributed by atoms with Crippen LogP contribution in [0.3, 0.4) is 0 Å². The first-order valence-corrected chi connectivity index (χ1v) is 7.37. The van der Waals surface area contributed by atoms with Crippen LogP contribution in [0.5, 0.6) is 0 Å². The van der Waals surface area contributed by atoms with Crippen molar-refractivity contribution >= 4 is 23.2 Å². The first-order valence-electron chi connectivity index (χ1n) is 7.37. The van der Waals surface area contributed by atoms with E-state index < -0.39 is 11.2 Å². The molecule has 23 heavy (non-hydrogen) atoms. The van der Waals surface area contributed by atoms with Gasteiger partial charge in [0.05, 0.1) is 11.8 Å². The number of benzene rings is 2. The van der Waals surface area contributed by atoms with Gasteiger partial charge in [0, 0.05) is 11.4 Å². The van der Waals surface area contributed by atoms with Gasteiger partial charge in [0.1, 0.15) is 5.82 Å². The van der Waals surface area contributed by atoms with Crippen LogP contribution >= 0.6 is 0 Å². The topological polar surface area (TPSA) is 58.2 Å². The monoisotopic (exact) mass is 312 g/mol. The maximum atomic E-state index is 13.6. The van der Waals surface area contributed by atoms with Gasteiger partial charge in [-0.15, -0.1) is 0 Å². The van der Waals surface area contributed by atoms with E-state index in [1.165, 1.54) is 6.07 Å². The summed E-state index contributed by atoms with van der Waals surface area (Å²) in [5.41, 5.74) is 1.90.